The molecule has 2 N–H and O–H groups in total. The Bertz CT molecular complexity index is 364. The Labute approximate surface area is 81.3 Å². The maximum absolute atomic E-state index is 10.8. The molecule has 0 aliphatic carbocycles. The molecular weight excluding hydrogens is 182 g/mol. The lowest BCUT2D eigenvalue weighted by Gasteiger charge is -2.30. The van der Waals surface area contributed by atoms with Crippen LogP contribution in [0.4, 0.5) is 5.69 Å². The highest BCUT2D eigenvalue weighted by Crippen LogP contribution is 2.28. The van der Waals surface area contributed by atoms with E-state index >= 15 is 0 Å². The Hall–Kier alpha value is -1.55. The van der Waals surface area contributed by atoms with Crippen LogP contribution in [-0.4, -0.2) is 22.3 Å². The number of hydrogen-bond acceptors (Lipinski definition) is 3. The van der Waals surface area contributed by atoms with Gasteiger partial charge in [0.05, 0.1) is 5.69 Å². The third-order valence-corrected chi connectivity index (χ3v) is 2.51. The fraction of sp³-hybridized carbons (Fsp3) is 0.300. The second kappa shape index (κ2) is 3.31. The van der Waals surface area contributed by atoms with Crippen molar-refractivity contribution in [1.29, 1.82) is 0 Å². The Morgan fingerprint density at radius 2 is 2.14 bits per heavy atom. The SMILES string of the molecule is O=C(O)C1CCc2ccccc2N1O. The Balaban J connectivity index is 2.36. The molecule has 1 unspecified atom stereocenters. The fourth-order valence-corrected chi connectivity index (χ4v) is 1.76. The van der Waals surface area contributed by atoms with Crippen LogP contribution in [-0.2, 0) is 11.2 Å². The van der Waals surface area contributed by atoms with E-state index in [1.807, 2.05) is 12.1 Å². The lowest BCUT2D eigenvalue weighted by molar-refractivity contribution is -0.140. The molecule has 0 amide bonds. The van der Waals surface area contributed by atoms with Gasteiger partial charge in [-0.15, -0.1) is 0 Å². The van der Waals surface area contributed by atoms with Crippen LogP contribution in [0.1, 0.15) is 12.0 Å². The van der Waals surface area contributed by atoms with Crippen LogP contribution in [0, 0.1) is 0 Å². The molecule has 1 aromatic carbocycles. The summed E-state index contributed by atoms with van der Waals surface area (Å²) in [5.41, 5.74) is 1.60. The van der Waals surface area contributed by atoms with E-state index in [0.717, 1.165) is 10.6 Å². The second-order valence-corrected chi connectivity index (χ2v) is 3.37. The van der Waals surface area contributed by atoms with Gasteiger partial charge in [-0.1, -0.05) is 18.2 Å². The molecule has 0 bridgehead atoms. The first-order chi connectivity index (χ1) is 6.70. The second-order valence-electron chi connectivity index (χ2n) is 3.37. The van der Waals surface area contributed by atoms with E-state index in [4.69, 9.17) is 5.11 Å². The topological polar surface area (TPSA) is 60.8 Å². The largest absolute Gasteiger partial charge is 0.480 e. The third kappa shape index (κ3) is 1.33. The molecule has 0 spiro atoms. The number of hydrogen-bond donors (Lipinski definition) is 2. The summed E-state index contributed by atoms with van der Waals surface area (Å²) in [6, 6.07) is 6.48. The standard InChI is InChI=1S/C10H11NO3/c12-10(13)9-6-5-7-3-1-2-4-8(7)11(9)14/h1-4,9,14H,5-6H2,(H,12,13). The molecule has 14 heavy (non-hydrogen) atoms. The fourth-order valence-electron chi connectivity index (χ4n) is 1.76. The van der Waals surface area contributed by atoms with Crippen LogP contribution in [0.5, 0.6) is 0 Å². The monoisotopic (exact) mass is 193 g/mol. The van der Waals surface area contributed by atoms with Gasteiger partial charge in [-0.25, -0.2) is 9.86 Å². The zero-order valence-corrected chi connectivity index (χ0v) is 7.55. The molecule has 0 aromatic heterocycles. The number of hydroxylamine groups is 1. The molecule has 0 saturated carbocycles. The highest BCUT2D eigenvalue weighted by Gasteiger charge is 2.30. The van der Waals surface area contributed by atoms with Gasteiger partial charge in [-0.2, -0.15) is 0 Å². The molecule has 0 fully saturated rings. The zero-order valence-electron chi connectivity index (χ0n) is 7.55. The normalized spacial score (nSPS) is 20.4. The first kappa shape index (κ1) is 9.02. The van der Waals surface area contributed by atoms with Crippen molar-refractivity contribution in [3.8, 4) is 0 Å². The molecule has 1 atom stereocenters. The molecule has 4 heteroatoms. The quantitative estimate of drug-likeness (QED) is 0.705. The number of carboxylic acid groups (broad SMARTS) is 1. The number of benzene rings is 1. The summed E-state index contributed by atoms with van der Waals surface area (Å²) in [5, 5.41) is 19.3. The predicted octanol–water partition coefficient (Wildman–Crippen LogP) is 1.28. The summed E-state index contributed by atoms with van der Waals surface area (Å²) in [6.07, 6.45) is 1.15. The van der Waals surface area contributed by atoms with E-state index in [0.29, 0.717) is 18.5 Å². The number of nitrogens with zero attached hydrogens (tertiary/aromatic N) is 1. The molecule has 1 heterocycles. The highest BCUT2D eigenvalue weighted by atomic mass is 16.5. The summed E-state index contributed by atoms with van der Waals surface area (Å²) in [5.74, 6) is -0.984. The van der Waals surface area contributed by atoms with E-state index in [2.05, 4.69) is 0 Å². The summed E-state index contributed by atoms with van der Waals surface area (Å²) in [7, 11) is 0. The summed E-state index contributed by atoms with van der Waals surface area (Å²) in [6.45, 7) is 0. The third-order valence-electron chi connectivity index (χ3n) is 2.51. The van der Waals surface area contributed by atoms with Gasteiger partial charge in [0.15, 0.2) is 6.04 Å². The van der Waals surface area contributed by atoms with Crippen molar-refractivity contribution in [3.63, 3.8) is 0 Å². The van der Waals surface area contributed by atoms with Gasteiger partial charge in [-0.3, -0.25) is 5.21 Å². The van der Waals surface area contributed by atoms with E-state index < -0.39 is 12.0 Å². The first-order valence-corrected chi connectivity index (χ1v) is 4.49. The smallest absolute Gasteiger partial charge is 0.328 e. The summed E-state index contributed by atoms with van der Waals surface area (Å²) < 4.78 is 0. The van der Waals surface area contributed by atoms with Gasteiger partial charge in [0.25, 0.3) is 0 Å². The highest BCUT2D eigenvalue weighted by molar-refractivity contribution is 5.78. The van der Waals surface area contributed by atoms with Crippen molar-refractivity contribution >= 4 is 11.7 Å². The number of carbonyl (C=O) groups is 1. The molecule has 2 rings (SSSR count). The minimum Gasteiger partial charge on any atom is -0.480 e. The van der Waals surface area contributed by atoms with Gasteiger partial charge < -0.3 is 5.11 Å². The molecule has 0 saturated heterocycles. The number of anilines is 1. The van der Waals surface area contributed by atoms with Crippen LogP contribution in [0.25, 0.3) is 0 Å². The van der Waals surface area contributed by atoms with Crippen molar-refractivity contribution in [2.45, 2.75) is 18.9 Å². The van der Waals surface area contributed by atoms with E-state index in [-0.39, 0.29) is 0 Å². The molecular formula is C10H11NO3. The van der Waals surface area contributed by atoms with Gasteiger partial charge in [-0.05, 0) is 24.5 Å². The number of aliphatic carboxylic acids is 1. The van der Waals surface area contributed by atoms with Crippen molar-refractivity contribution in [3.05, 3.63) is 29.8 Å². The van der Waals surface area contributed by atoms with E-state index in [9.17, 15) is 10.0 Å². The number of aryl methyl sites for hydroxylation is 1. The van der Waals surface area contributed by atoms with E-state index in [1.165, 1.54) is 0 Å². The molecule has 1 aliphatic rings. The van der Waals surface area contributed by atoms with E-state index in [1.54, 1.807) is 12.1 Å². The lowest BCUT2D eigenvalue weighted by atomic mass is 9.98. The lowest BCUT2D eigenvalue weighted by Crippen LogP contribution is -2.42. The van der Waals surface area contributed by atoms with Gasteiger partial charge in [0.1, 0.15) is 0 Å². The molecule has 4 nitrogen and oxygen atoms in total. The number of carboxylic acids is 1. The Morgan fingerprint density at radius 3 is 2.86 bits per heavy atom. The average Bonchev–Trinajstić information content (AvgIpc) is 2.18. The van der Waals surface area contributed by atoms with Crippen molar-refractivity contribution in [2.75, 3.05) is 5.06 Å². The summed E-state index contributed by atoms with van der Waals surface area (Å²) in [4.78, 5) is 10.8. The zero-order chi connectivity index (χ0) is 10.1. The van der Waals surface area contributed by atoms with Gasteiger partial charge in [0.2, 0.25) is 0 Å². The maximum atomic E-state index is 10.8. The predicted molar refractivity (Wildman–Crippen MR) is 50.5 cm³/mol. The van der Waals surface area contributed by atoms with Gasteiger partial charge in [0, 0.05) is 0 Å². The molecule has 1 aromatic rings. The van der Waals surface area contributed by atoms with Crippen molar-refractivity contribution in [1.82, 2.24) is 0 Å². The molecule has 74 valence electrons. The number of fused-ring (bicyclic) bond motifs is 1. The molecule has 1 aliphatic heterocycles. The van der Waals surface area contributed by atoms with Crippen LogP contribution in [0.15, 0.2) is 24.3 Å². The van der Waals surface area contributed by atoms with Crippen LogP contribution in [0.2, 0.25) is 0 Å². The van der Waals surface area contributed by atoms with Crippen LogP contribution < -0.4 is 5.06 Å². The number of rotatable bonds is 1. The Kier molecular flexibility index (Phi) is 2.13. The van der Waals surface area contributed by atoms with Gasteiger partial charge >= 0.3 is 5.97 Å². The van der Waals surface area contributed by atoms with Crippen molar-refractivity contribution < 1.29 is 15.1 Å². The van der Waals surface area contributed by atoms with Crippen LogP contribution in [0.3, 0.4) is 0 Å². The Morgan fingerprint density at radius 1 is 1.43 bits per heavy atom. The average molecular weight is 193 g/mol. The minimum absolute atomic E-state index is 0.447. The summed E-state index contributed by atoms with van der Waals surface area (Å²) >= 11 is 0. The number of para-hydroxylation sites is 1. The molecule has 0 radical (unpaired) electrons. The first-order valence-electron chi connectivity index (χ1n) is 4.49. The maximum Gasteiger partial charge on any atom is 0.328 e. The van der Waals surface area contributed by atoms with Crippen LogP contribution >= 0.6 is 0 Å². The minimum atomic E-state index is -0.984. The van der Waals surface area contributed by atoms with Crippen molar-refractivity contribution in [2.24, 2.45) is 0 Å².